The first-order valence-corrected chi connectivity index (χ1v) is 11.2. The van der Waals surface area contributed by atoms with E-state index < -0.39 is 5.54 Å². The van der Waals surface area contributed by atoms with Crippen LogP contribution in [0.15, 0.2) is 90.5 Å². The van der Waals surface area contributed by atoms with E-state index in [2.05, 4.69) is 36.7 Å². The van der Waals surface area contributed by atoms with Crippen LogP contribution in [0.25, 0.3) is 28.7 Å². The van der Waals surface area contributed by atoms with Crippen LogP contribution in [0.4, 0.5) is 0 Å². The number of pyridine rings is 1. The van der Waals surface area contributed by atoms with Crippen molar-refractivity contribution in [3.8, 4) is 17.1 Å². The van der Waals surface area contributed by atoms with Crippen LogP contribution >= 0.6 is 0 Å². The molecule has 0 radical (unpaired) electrons. The van der Waals surface area contributed by atoms with Crippen LogP contribution < -0.4 is 11.4 Å². The lowest BCUT2D eigenvalue weighted by Crippen LogP contribution is -2.28. The maximum absolute atomic E-state index is 13.0. The average Bonchev–Trinajstić information content (AvgIpc) is 3.12. The number of rotatable bonds is 6. The summed E-state index contributed by atoms with van der Waals surface area (Å²) in [6.07, 6.45) is 7.54. The number of allylic oxidation sites excluding steroid dienone is 2. The summed E-state index contributed by atoms with van der Waals surface area (Å²) in [5.41, 5.74) is 13.1. The first-order valence-electron chi connectivity index (χ1n) is 11.2. The molecule has 5 nitrogen and oxygen atoms in total. The first-order chi connectivity index (χ1) is 16.2. The quantitative estimate of drug-likeness (QED) is 0.396. The molecule has 0 aliphatic carbocycles. The van der Waals surface area contributed by atoms with Crippen LogP contribution in [0.2, 0.25) is 0 Å². The molecule has 2 aromatic heterocycles. The van der Waals surface area contributed by atoms with Crippen molar-refractivity contribution in [2.75, 3.05) is 0 Å². The van der Waals surface area contributed by atoms with Gasteiger partial charge >= 0.3 is 5.69 Å². The van der Waals surface area contributed by atoms with E-state index in [9.17, 15) is 4.79 Å². The van der Waals surface area contributed by atoms with Crippen LogP contribution in [0, 0.1) is 6.92 Å². The average molecular weight is 451 g/mol. The Bertz CT molecular complexity index is 1430. The number of imidazole rings is 1. The van der Waals surface area contributed by atoms with Crippen molar-refractivity contribution in [3.05, 3.63) is 118 Å². The zero-order valence-electron chi connectivity index (χ0n) is 20.1. The van der Waals surface area contributed by atoms with Gasteiger partial charge in [0.1, 0.15) is 0 Å². The zero-order chi connectivity index (χ0) is 24.5. The van der Waals surface area contributed by atoms with Gasteiger partial charge in [-0.05, 0) is 78.9 Å². The molecular weight excluding hydrogens is 420 g/mol. The van der Waals surface area contributed by atoms with Crippen molar-refractivity contribution in [1.82, 2.24) is 14.1 Å². The molecule has 0 atom stereocenters. The third-order valence-electron chi connectivity index (χ3n) is 5.99. The Kier molecular flexibility index (Phi) is 6.22. The zero-order valence-corrected chi connectivity index (χ0v) is 20.1. The molecule has 2 heterocycles. The Morgan fingerprint density at radius 1 is 1.09 bits per heavy atom. The molecule has 4 rings (SSSR count). The summed E-state index contributed by atoms with van der Waals surface area (Å²) >= 11 is 0. The maximum Gasteiger partial charge on any atom is 0.333 e. The predicted molar refractivity (Wildman–Crippen MR) is 141 cm³/mol. The number of nitrogens with zero attached hydrogens (tertiary/aromatic N) is 3. The van der Waals surface area contributed by atoms with Crippen LogP contribution in [-0.4, -0.2) is 14.1 Å². The van der Waals surface area contributed by atoms with Crippen molar-refractivity contribution in [1.29, 1.82) is 0 Å². The van der Waals surface area contributed by atoms with E-state index in [4.69, 9.17) is 5.73 Å². The van der Waals surface area contributed by atoms with Gasteiger partial charge in [0.2, 0.25) is 0 Å². The second-order valence-corrected chi connectivity index (χ2v) is 9.10. The summed E-state index contributed by atoms with van der Waals surface area (Å²) in [4.78, 5) is 17.6. The number of hydrogen-bond acceptors (Lipinski definition) is 3. The van der Waals surface area contributed by atoms with Crippen molar-refractivity contribution in [3.63, 3.8) is 0 Å². The third kappa shape index (κ3) is 4.56. The highest BCUT2D eigenvalue weighted by atomic mass is 16.1. The van der Waals surface area contributed by atoms with Crippen molar-refractivity contribution < 1.29 is 0 Å². The van der Waals surface area contributed by atoms with E-state index in [1.807, 2.05) is 74.7 Å². The van der Waals surface area contributed by atoms with Gasteiger partial charge in [-0.2, -0.15) is 0 Å². The molecule has 0 spiro atoms. The van der Waals surface area contributed by atoms with Gasteiger partial charge in [-0.3, -0.25) is 9.55 Å². The minimum atomic E-state index is -0.455. The monoisotopic (exact) mass is 450 g/mol. The lowest BCUT2D eigenvalue weighted by Gasteiger charge is -2.19. The topological polar surface area (TPSA) is 65.8 Å². The van der Waals surface area contributed by atoms with E-state index in [0.717, 1.165) is 28.0 Å². The maximum atomic E-state index is 13.0. The number of aromatic nitrogens is 3. The molecule has 5 heteroatoms. The molecule has 0 unspecified atom stereocenters. The molecular formula is C29H30N4O. The van der Waals surface area contributed by atoms with Crippen LogP contribution in [0.1, 0.15) is 36.1 Å². The SMILES string of the molecule is C=C/C(=C\c1ccccc1C)c1ccnc(-c2cn(C)c(=O)n2-c2ccc(C(C)(C)N)cc2)c1. The van der Waals surface area contributed by atoms with E-state index in [1.165, 1.54) is 5.56 Å². The second-order valence-electron chi connectivity index (χ2n) is 9.10. The fourth-order valence-electron chi connectivity index (χ4n) is 3.95. The Morgan fingerprint density at radius 3 is 2.44 bits per heavy atom. The van der Waals surface area contributed by atoms with Crippen LogP contribution in [-0.2, 0) is 12.6 Å². The lowest BCUT2D eigenvalue weighted by atomic mass is 9.95. The van der Waals surface area contributed by atoms with Gasteiger partial charge in [0.05, 0.1) is 17.1 Å². The van der Waals surface area contributed by atoms with Gasteiger partial charge in [0, 0.05) is 25.0 Å². The molecule has 0 bridgehead atoms. The molecule has 0 aliphatic heterocycles. The fraction of sp³-hybridized carbons (Fsp3) is 0.172. The smallest absolute Gasteiger partial charge is 0.322 e. The molecule has 2 aromatic carbocycles. The standard InChI is InChI=1S/C29H30N4O/c1-6-21(17-22-10-8-7-9-20(22)2)23-15-16-31-26(18-23)27-19-32(5)28(34)33(27)25-13-11-24(12-14-25)29(3,4)30/h6-19H,1,30H2,2-5H3/b21-17+. The van der Waals surface area contributed by atoms with E-state index in [0.29, 0.717) is 11.4 Å². The molecule has 4 aromatic rings. The van der Waals surface area contributed by atoms with Gasteiger partial charge in [-0.1, -0.05) is 49.1 Å². The Morgan fingerprint density at radius 2 is 1.79 bits per heavy atom. The molecule has 0 amide bonds. The largest absolute Gasteiger partial charge is 0.333 e. The van der Waals surface area contributed by atoms with Crippen LogP contribution in [0.5, 0.6) is 0 Å². The Hall–Kier alpha value is -3.96. The first kappa shape index (κ1) is 23.2. The highest BCUT2D eigenvalue weighted by Crippen LogP contribution is 2.27. The molecule has 0 saturated heterocycles. The van der Waals surface area contributed by atoms with E-state index in [1.54, 1.807) is 22.4 Å². The van der Waals surface area contributed by atoms with Gasteiger partial charge < -0.3 is 10.3 Å². The van der Waals surface area contributed by atoms with E-state index in [-0.39, 0.29) is 5.69 Å². The number of nitrogens with two attached hydrogens (primary N) is 1. The molecule has 0 saturated carbocycles. The summed E-state index contributed by atoms with van der Waals surface area (Å²) < 4.78 is 3.25. The number of hydrogen-bond donors (Lipinski definition) is 1. The third-order valence-corrected chi connectivity index (χ3v) is 5.99. The molecule has 172 valence electrons. The summed E-state index contributed by atoms with van der Waals surface area (Å²) in [5.74, 6) is 0. The van der Waals surface area contributed by atoms with Gasteiger partial charge in [0.25, 0.3) is 0 Å². The lowest BCUT2D eigenvalue weighted by molar-refractivity contribution is 0.554. The molecule has 0 aliphatic rings. The predicted octanol–water partition coefficient (Wildman–Crippen LogP) is 5.47. The highest BCUT2D eigenvalue weighted by molar-refractivity contribution is 5.88. The summed E-state index contributed by atoms with van der Waals surface area (Å²) in [7, 11) is 1.75. The van der Waals surface area contributed by atoms with Crippen molar-refractivity contribution in [2.45, 2.75) is 26.3 Å². The Balaban J connectivity index is 1.81. The summed E-state index contributed by atoms with van der Waals surface area (Å²) in [6.45, 7) is 10.0. The Labute approximate surface area is 200 Å². The normalized spacial score (nSPS) is 12.1. The second kappa shape index (κ2) is 9.12. The summed E-state index contributed by atoms with van der Waals surface area (Å²) in [6, 6.07) is 19.9. The van der Waals surface area contributed by atoms with Gasteiger partial charge in [0.15, 0.2) is 0 Å². The van der Waals surface area contributed by atoms with E-state index >= 15 is 0 Å². The molecule has 2 N–H and O–H groups in total. The minimum Gasteiger partial charge on any atom is -0.322 e. The van der Waals surface area contributed by atoms with Crippen molar-refractivity contribution >= 4 is 11.6 Å². The molecule has 0 fully saturated rings. The number of aryl methyl sites for hydroxylation is 2. The van der Waals surface area contributed by atoms with Crippen molar-refractivity contribution in [2.24, 2.45) is 12.8 Å². The van der Waals surface area contributed by atoms with Gasteiger partial charge in [-0.15, -0.1) is 0 Å². The number of benzene rings is 2. The highest BCUT2D eigenvalue weighted by Gasteiger charge is 2.17. The van der Waals surface area contributed by atoms with Crippen LogP contribution in [0.3, 0.4) is 0 Å². The molecule has 34 heavy (non-hydrogen) atoms. The summed E-state index contributed by atoms with van der Waals surface area (Å²) in [5, 5.41) is 0. The minimum absolute atomic E-state index is 0.138. The fourth-order valence-corrected chi connectivity index (χ4v) is 3.95. The van der Waals surface area contributed by atoms with Gasteiger partial charge in [-0.25, -0.2) is 4.79 Å².